The van der Waals surface area contributed by atoms with Crippen molar-refractivity contribution in [1.29, 1.82) is 0 Å². The molecule has 0 aliphatic rings. The zero-order valence-corrected chi connectivity index (χ0v) is 11.9. The topological polar surface area (TPSA) is 69.6 Å². The van der Waals surface area contributed by atoms with E-state index in [0.29, 0.717) is 6.54 Å². The standard InChI is InChI=1S/C15H17N5/c1-9-7-12(10(2)19-18-9)15-17-14-11(8-16)5-4-6-13(14)20(15)3/h4-7H,8,16H2,1-3H3. The van der Waals surface area contributed by atoms with Crippen LogP contribution in [-0.4, -0.2) is 19.7 Å². The maximum atomic E-state index is 5.80. The molecular weight excluding hydrogens is 250 g/mol. The van der Waals surface area contributed by atoms with E-state index >= 15 is 0 Å². The SMILES string of the molecule is Cc1cc(-c2nc3c(CN)cccc3n2C)c(C)nn1. The maximum Gasteiger partial charge on any atom is 0.142 e. The Hall–Kier alpha value is -2.27. The third-order valence-corrected chi connectivity index (χ3v) is 3.56. The number of imidazole rings is 1. The van der Waals surface area contributed by atoms with Gasteiger partial charge in [-0.15, -0.1) is 0 Å². The molecule has 3 rings (SSSR count). The number of aryl methyl sites for hydroxylation is 3. The Morgan fingerprint density at radius 1 is 1.20 bits per heavy atom. The summed E-state index contributed by atoms with van der Waals surface area (Å²) in [6.45, 7) is 4.37. The summed E-state index contributed by atoms with van der Waals surface area (Å²) >= 11 is 0. The lowest BCUT2D eigenvalue weighted by atomic mass is 10.2. The number of nitrogens with two attached hydrogens (primary N) is 1. The smallest absolute Gasteiger partial charge is 0.142 e. The second-order valence-electron chi connectivity index (χ2n) is 4.97. The summed E-state index contributed by atoms with van der Waals surface area (Å²) in [4.78, 5) is 4.77. The van der Waals surface area contributed by atoms with Crippen LogP contribution in [0.3, 0.4) is 0 Å². The molecule has 0 amide bonds. The minimum absolute atomic E-state index is 0.487. The first-order chi connectivity index (χ1) is 9.61. The van der Waals surface area contributed by atoms with Crippen molar-refractivity contribution in [3.63, 3.8) is 0 Å². The van der Waals surface area contributed by atoms with Gasteiger partial charge in [0, 0.05) is 19.2 Å². The Morgan fingerprint density at radius 3 is 2.75 bits per heavy atom. The summed E-state index contributed by atoms with van der Waals surface area (Å²) in [5.41, 5.74) is 11.7. The first kappa shape index (κ1) is 12.7. The minimum Gasteiger partial charge on any atom is -0.327 e. The molecule has 0 atom stereocenters. The summed E-state index contributed by atoms with van der Waals surface area (Å²) in [5, 5.41) is 8.26. The molecule has 1 aromatic carbocycles. The van der Waals surface area contributed by atoms with E-state index in [1.54, 1.807) is 0 Å². The van der Waals surface area contributed by atoms with Crippen LogP contribution < -0.4 is 5.73 Å². The molecule has 0 fully saturated rings. The normalized spacial score (nSPS) is 11.2. The molecule has 0 aliphatic carbocycles. The molecule has 0 unspecified atom stereocenters. The van der Waals surface area contributed by atoms with Gasteiger partial charge in [-0.2, -0.15) is 10.2 Å². The number of hydrogen-bond donors (Lipinski definition) is 1. The van der Waals surface area contributed by atoms with E-state index in [1.165, 1.54) is 0 Å². The number of hydrogen-bond acceptors (Lipinski definition) is 4. The van der Waals surface area contributed by atoms with Crippen molar-refractivity contribution >= 4 is 11.0 Å². The quantitative estimate of drug-likeness (QED) is 0.772. The number of fused-ring (bicyclic) bond motifs is 1. The first-order valence-electron chi connectivity index (χ1n) is 6.57. The van der Waals surface area contributed by atoms with Crippen LogP contribution in [0.5, 0.6) is 0 Å². The van der Waals surface area contributed by atoms with E-state index in [9.17, 15) is 0 Å². The van der Waals surface area contributed by atoms with Crippen molar-refractivity contribution in [2.45, 2.75) is 20.4 Å². The van der Waals surface area contributed by atoms with Crippen LogP contribution in [0.2, 0.25) is 0 Å². The van der Waals surface area contributed by atoms with Crippen LogP contribution in [0.15, 0.2) is 24.3 Å². The monoisotopic (exact) mass is 267 g/mol. The molecular formula is C15H17N5. The van der Waals surface area contributed by atoms with Gasteiger partial charge in [0.05, 0.1) is 22.4 Å². The highest BCUT2D eigenvalue weighted by atomic mass is 15.1. The fourth-order valence-electron chi connectivity index (χ4n) is 2.45. The predicted molar refractivity (Wildman–Crippen MR) is 79.1 cm³/mol. The van der Waals surface area contributed by atoms with Gasteiger partial charge in [-0.25, -0.2) is 4.98 Å². The maximum absolute atomic E-state index is 5.80. The van der Waals surface area contributed by atoms with Gasteiger partial charge in [0.2, 0.25) is 0 Å². The third kappa shape index (κ3) is 1.87. The Balaban J connectivity index is 2.32. The number of benzene rings is 1. The van der Waals surface area contributed by atoms with Gasteiger partial charge in [-0.05, 0) is 31.5 Å². The molecule has 5 heteroatoms. The lowest BCUT2D eigenvalue weighted by Crippen LogP contribution is -1.99. The van der Waals surface area contributed by atoms with Crippen LogP contribution in [0.4, 0.5) is 0 Å². The minimum atomic E-state index is 0.487. The molecule has 2 heterocycles. The molecule has 0 bridgehead atoms. The van der Waals surface area contributed by atoms with Crippen molar-refractivity contribution < 1.29 is 0 Å². The number of rotatable bonds is 2. The molecule has 0 saturated heterocycles. The fourth-order valence-corrected chi connectivity index (χ4v) is 2.45. The van der Waals surface area contributed by atoms with Gasteiger partial charge in [0.25, 0.3) is 0 Å². The van der Waals surface area contributed by atoms with Crippen molar-refractivity contribution in [1.82, 2.24) is 19.7 Å². The second kappa shape index (κ2) is 4.68. The van der Waals surface area contributed by atoms with Crippen molar-refractivity contribution in [3.8, 4) is 11.4 Å². The average Bonchev–Trinajstić information content (AvgIpc) is 2.79. The molecule has 5 nitrogen and oxygen atoms in total. The number of nitrogens with zero attached hydrogens (tertiary/aromatic N) is 4. The highest BCUT2D eigenvalue weighted by molar-refractivity contribution is 5.83. The van der Waals surface area contributed by atoms with Crippen molar-refractivity contribution in [3.05, 3.63) is 41.2 Å². The number of para-hydroxylation sites is 1. The van der Waals surface area contributed by atoms with Crippen LogP contribution in [0, 0.1) is 13.8 Å². The molecule has 0 saturated carbocycles. The van der Waals surface area contributed by atoms with Crippen molar-refractivity contribution in [2.75, 3.05) is 0 Å². The van der Waals surface area contributed by atoms with Gasteiger partial charge in [0.1, 0.15) is 5.82 Å². The largest absolute Gasteiger partial charge is 0.327 e. The van der Waals surface area contributed by atoms with Crippen LogP contribution in [0.25, 0.3) is 22.4 Å². The molecule has 0 radical (unpaired) electrons. The summed E-state index contributed by atoms with van der Waals surface area (Å²) in [5.74, 6) is 0.899. The zero-order valence-electron chi connectivity index (χ0n) is 11.9. The lowest BCUT2D eigenvalue weighted by Gasteiger charge is -2.05. The van der Waals surface area contributed by atoms with Crippen molar-refractivity contribution in [2.24, 2.45) is 12.8 Å². The first-order valence-corrected chi connectivity index (χ1v) is 6.57. The number of aromatic nitrogens is 4. The van der Waals surface area contributed by atoms with E-state index in [0.717, 1.165) is 39.4 Å². The Kier molecular flexibility index (Phi) is 2.99. The van der Waals surface area contributed by atoms with Gasteiger partial charge < -0.3 is 10.3 Å². The van der Waals surface area contributed by atoms with E-state index in [4.69, 9.17) is 10.7 Å². The van der Waals surface area contributed by atoms with Gasteiger partial charge >= 0.3 is 0 Å². The summed E-state index contributed by atoms with van der Waals surface area (Å²) in [7, 11) is 2.01. The molecule has 0 aliphatic heterocycles. The lowest BCUT2D eigenvalue weighted by molar-refractivity contribution is 0.915. The molecule has 2 N–H and O–H groups in total. The predicted octanol–water partition coefficient (Wildman–Crippen LogP) is 2.11. The highest BCUT2D eigenvalue weighted by Crippen LogP contribution is 2.27. The molecule has 0 spiro atoms. The van der Waals surface area contributed by atoms with Crippen LogP contribution >= 0.6 is 0 Å². The van der Waals surface area contributed by atoms with Crippen LogP contribution in [-0.2, 0) is 13.6 Å². The Morgan fingerprint density at radius 2 is 2.00 bits per heavy atom. The molecule has 20 heavy (non-hydrogen) atoms. The Bertz CT molecular complexity index is 788. The Labute approximate surface area is 117 Å². The summed E-state index contributed by atoms with van der Waals surface area (Å²) < 4.78 is 2.08. The van der Waals surface area contributed by atoms with E-state index in [1.807, 2.05) is 39.1 Å². The highest BCUT2D eigenvalue weighted by Gasteiger charge is 2.14. The summed E-state index contributed by atoms with van der Waals surface area (Å²) in [6, 6.07) is 8.11. The third-order valence-electron chi connectivity index (χ3n) is 3.56. The van der Waals surface area contributed by atoms with Gasteiger partial charge in [0.15, 0.2) is 0 Å². The molecule has 3 aromatic rings. The van der Waals surface area contributed by atoms with E-state index in [-0.39, 0.29) is 0 Å². The fraction of sp³-hybridized carbons (Fsp3) is 0.267. The summed E-state index contributed by atoms with van der Waals surface area (Å²) in [6.07, 6.45) is 0. The van der Waals surface area contributed by atoms with Gasteiger partial charge in [-0.3, -0.25) is 0 Å². The molecule has 102 valence electrons. The molecule has 2 aromatic heterocycles. The van der Waals surface area contributed by atoms with E-state index < -0.39 is 0 Å². The second-order valence-corrected chi connectivity index (χ2v) is 4.97. The van der Waals surface area contributed by atoms with Gasteiger partial charge in [-0.1, -0.05) is 12.1 Å². The average molecular weight is 267 g/mol. The zero-order chi connectivity index (χ0) is 14.3. The van der Waals surface area contributed by atoms with Crippen LogP contribution in [0.1, 0.15) is 17.0 Å². The van der Waals surface area contributed by atoms with E-state index in [2.05, 4.69) is 20.8 Å².